The number of hydrogen-bond donors (Lipinski definition) is 0. The molecule has 0 spiro atoms. The van der Waals surface area contributed by atoms with Crippen molar-refractivity contribution >= 4 is 6.47 Å². The average Bonchev–Trinajstić information content (AvgIpc) is 2.80. The van der Waals surface area contributed by atoms with Crippen molar-refractivity contribution in [1.82, 2.24) is 0 Å². The first-order chi connectivity index (χ1) is 8.27. The summed E-state index contributed by atoms with van der Waals surface area (Å²) in [6, 6.07) is 0. The van der Waals surface area contributed by atoms with Crippen LogP contribution in [0.1, 0.15) is 34.1 Å². The first kappa shape index (κ1) is 16.4. The van der Waals surface area contributed by atoms with Crippen LogP contribution in [0.15, 0.2) is 0 Å². The van der Waals surface area contributed by atoms with Crippen molar-refractivity contribution in [3.8, 4) is 0 Å². The van der Waals surface area contributed by atoms with E-state index in [4.69, 9.17) is 14.2 Å². The number of ether oxygens (including phenoxy) is 4. The summed E-state index contributed by atoms with van der Waals surface area (Å²) in [5.74, 6) is 0. The van der Waals surface area contributed by atoms with Crippen molar-refractivity contribution < 1.29 is 23.7 Å². The van der Waals surface area contributed by atoms with Gasteiger partial charge in [0, 0.05) is 6.61 Å². The van der Waals surface area contributed by atoms with Gasteiger partial charge in [-0.25, -0.2) is 0 Å². The van der Waals surface area contributed by atoms with E-state index in [0.717, 1.165) is 13.0 Å². The van der Waals surface area contributed by atoms with Crippen LogP contribution in [0.3, 0.4) is 0 Å². The summed E-state index contributed by atoms with van der Waals surface area (Å²) in [6.45, 7) is 10.1. The normalized spacial score (nSPS) is 30.0. The summed E-state index contributed by atoms with van der Waals surface area (Å²) < 4.78 is 20.2. The van der Waals surface area contributed by atoms with E-state index in [2.05, 4.69) is 4.74 Å². The predicted molar refractivity (Wildman–Crippen MR) is 63.7 cm³/mol. The fraction of sp³-hybridized carbons (Fsp3) is 0.917. The molecular formula is C12H24O5. The van der Waals surface area contributed by atoms with Crippen LogP contribution >= 0.6 is 0 Å². The highest BCUT2D eigenvalue weighted by Gasteiger charge is 2.34. The first-order valence-electron chi connectivity index (χ1n) is 6.21. The number of rotatable bonds is 2. The lowest BCUT2D eigenvalue weighted by atomic mass is 10.2. The molecule has 0 aliphatic carbocycles. The van der Waals surface area contributed by atoms with E-state index in [1.807, 2.05) is 20.8 Å². The Kier molecular flexibility index (Phi) is 10.1. The van der Waals surface area contributed by atoms with Gasteiger partial charge >= 0.3 is 0 Å². The SMILES string of the molecule is CC.CCOC=O.C[C@@H]1OCC2OCCC2O1. The molecule has 2 rings (SSSR count). The van der Waals surface area contributed by atoms with Crippen LogP contribution in [0.25, 0.3) is 0 Å². The summed E-state index contributed by atoms with van der Waals surface area (Å²) in [5, 5.41) is 0. The molecule has 0 aromatic heterocycles. The van der Waals surface area contributed by atoms with Gasteiger partial charge in [-0.1, -0.05) is 13.8 Å². The van der Waals surface area contributed by atoms with Gasteiger partial charge in [-0.15, -0.1) is 0 Å². The van der Waals surface area contributed by atoms with Crippen LogP contribution in [-0.4, -0.2) is 44.8 Å². The predicted octanol–water partition coefficient (Wildman–Crippen LogP) is 1.74. The summed E-state index contributed by atoms with van der Waals surface area (Å²) in [5.41, 5.74) is 0. The Balaban J connectivity index is 0.000000315. The van der Waals surface area contributed by atoms with Crippen molar-refractivity contribution in [3.05, 3.63) is 0 Å². The van der Waals surface area contributed by atoms with E-state index in [1.165, 1.54) is 0 Å². The molecular weight excluding hydrogens is 224 g/mol. The molecule has 2 heterocycles. The zero-order valence-electron chi connectivity index (χ0n) is 11.2. The molecule has 2 saturated heterocycles. The highest BCUT2D eigenvalue weighted by molar-refractivity contribution is 5.36. The number of carbonyl (C=O) groups excluding carboxylic acids is 1. The Morgan fingerprint density at radius 1 is 1.29 bits per heavy atom. The zero-order chi connectivity index (χ0) is 13.1. The van der Waals surface area contributed by atoms with Crippen molar-refractivity contribution in [2.75, 3.05) is 19.8 Å². The van der Waals surface area contributed by atoms with Gasteiger partial charge in [-0.3, -0.25) is 4.79 Å². The number of hydrogen-bond acceptors (Lipinski definition) is 5. The number of fused-ring (bicyclic) bond motifs is 1. The molecule has 0 bridgehead atoms. The fourth-order valence-corrected chi connectivity index (χ4v) is 1.52. The summed E-state index contributed by atoms with van der Waals surface area (Å²) in [6.07, 6.45) is 1.49. The van der Waals surface area contributed by atoms with Gasteiger partial charge in [-0.2, -0.15) is 0 Å². The lowest BCUT2D eigenvalue weighted by Gasteiger charge is -2.29. The fourth-order valence-electron chi connectivity index (χ4n) is 1.52. The van der Waals surface area contributed by atoms with E-state index >= 15 is 0 Å². The van der Waals surface area contributed by atoms with Crippen LogP contribution in [0, 0.1) is 0 Å². The maximum atomic E-state index is 9.18. The molecule has 2 aliphatic rings. The topological polar surface area (TPSA) is 54.0 Å². The largest absolute Gasteiger partial charge is 0.468 e. The van der Waals surface area contributed by atoms with Crippen LogP contribution in [0.5, 0.6) is 0 Å². The van der Waals surface area contributed by atoms with E-state index in [9.17, 15) is 4.79 Å². The van der Waals surface area contributed by atoms with Gasteiger partial charge in [0.2, 0.25) is 0 Å². The summed E-state index contributed by atoms with van der Waals surface area (Å²) in [4.78, 5) is 9.18. The highest BCUT2D eigenvalue weighted by Crippen LogP contribution is 2.23. The second kappa shape index (κ2) is 10.5. The Labute approximate surface area is 103 Å². The van der Waals surface area contributed by atoms with Crippen LogP contribution in [-0.2, 0) is 23.7 Å². The Bertz CT molecular complexity index is 186. The number of carbonyl (C=O) groups is 1. The molecule has 102 valence electrons. The lowest BCUT2D eigenvalue weighted by Crippen LogP contribution is -2.39. The second-order valence-corrected chi connectivity index (χ2v) is 3.32. The zero-order valence-corrected chi connectivity index (χ0v) is 11.2. The molecule has 0 N–H and O–H groups in total. The third-order valence-electron chi connectivity index (χ3n) is 2.25. The minimum atomic E-state index is -0.0389. The average molecular weight is 248 g/mol. The minimum absolute atomic E-state index is 0.0389. The third kappa shape index (κ3) is 6.61. The van der Waals surface area contributed by atoms with Gasteiger partial charge in [-0.05, 0) is 20.3 Å². The second-order valence-electron chi connectivity index (χ2n) is 3.32. The molecule has 5 nitrogen and oxygen atoms in total. The Hall–Kier alpha value is -0.650. The molecule has 0 aromatic rings. The van der Waals surface area contributed by atoms with Gasteiger partial charge < -0.3 is 18.9 Å². The minimum Gasteiger partial charge on any atom is -0.468 e. The van der Waals surface area contributed by atoms with Crippen LogP contribution < -0.4 is 0 Å². The third-order valence-corrected chi connectivity index (χ3v) is 2.25. The van der Waals surface area contributed by atoms with Crippen molar-refractivity contribution in [2.24, 2.45) is 0 Å². The van der Waals surface area contributed by atoms with Crippen molar-refractivity contribution in [2.45, 2.75) is 52.6 Å². The molecule has 3 atom stereocenters. The van der Waals surface area contributed by atoms with Crippen LogP contribution in [0.4, 0.5) is 0 Å². The van der Waals surface area contributed by atoms with E-state index in [-0.39, 0.29) is 12.4 Å². The molecule has 2 fully saturated rings. The lowest BCUT2D eigenvalue weighted by molar-refractivity contribution is -0.229. The molecule has 0 saturated carbocycles. The molecule has 2 aliphatic heterocycles. The van der Waals surface area contributed by atoms with Gasteiger partial charge in [0.05, 0.1) is 19.3 Å². The summed E-state index contributed by atoms with van der Waals surface area (Å²) in [7, 11) is 0. The van der Waals surface area contributed by atoms with E-state index in [0.29, 0.717) is 25.8 Å². The maximum Gasteiger partial charge on any atom is 0.293 e. The molecule has 0 amide bonds. The van der Waals surface area contributed by atoms with Gasteiger partial charge in [0.15, 0.2) is 6.29 Å². The molecule has 2 unspecified atom stereocenters. The Morgan fingerprint density at radius 3 is 2.53 bits per heavy atom. The smallest absolute Gasteiger partial charge is 0.293 e. The maximum absolute atomic E-state index is 9.18. The highest BCUT2D eigenvalue weighted by atomic mass is 16.7. The first-order valence-corrected chi connectivity index (χ1v) is 6.21. The van der Waals surface area contributed by atoms with E-state index < -0.39 is 0 Å². The van der Waals surface area contributed by atoms with Crippen molar-refractivity contribution in [3.63, 3.8) is 0 Å². The standard InChI is InChI=1S/C7H12O3.C3H6O2.C2H6/c1-5-9-4-7-6(10-5)2-3-8-7;1-2-5-3-4;1-2/h5-7H,2-4H2,1H3;3H,2H2,1H3;1-2H3/t5-,6?,7?;;/m1../s1. The van der Waals surface area contributed by atoms with E-state index in [1.54, 1.807) is 6.92 Å². The molecule has 0 radical (unpaired) electrons. The van der Waals surface area contributed by atoms with Crippen LogP contribution in [0.2, 0.25) is 0 Å². The van der Waals surface area contributed by atoms with Gasteiger partial charge in [0.1, 0.15) is 6.10 Å². The van der Waals surface area contributed by atoms with Gasteiger partial charge in [0.25, 0.3) is 6.47 Å². The summed E-state index contributed by atoms with van der Waals surface area (Å²) >= 11 is 0. The monoisotopic (exact) mass is 248 g/mol. The van der Waals surface area contributed by atoms with Crippen molar-refractivity contribution in [1.29, 1.82) is 0 Å². The molecule has 0 aromatic carbocycles. The molecule has 5 heteroatoms. The molecule has 17 heavy (non-hydrogen) atoms. The quantitative estimate of drug-likeness (QED) is 0.697. The Morgan fingerprint density at radius 2 is 2.00 bits per heavy atom.